The molecule has 39 heavy (non-hydrogen) atoms. The first-order valence-electron chi connectivity index (χ1n) is 12.3. The molecule has 3 rings (SSSR count). The maximum Gasteiger partial charge on any atom is 0.336 e. The van der Waals surface area contributed by atoms with E-state index in [2.05, 4.69) is 77.0 Å². The number of rotatable bonds is 10. The van der Waals surface area contributed by atoms with Crippen LogP contribution in [0, 0.1) is 5.41 Å². The molecule has 2 aromatic carbocycles. The van der Waals surface area contributed by atoms with Crippen LogP contribution in [0.5, 0.6) is 11.5 Å². The highest BCUT2D eigenvalue weighted by Crippen LogP contribution is 2.42. The summed E-state index contributed by atoms with van der Waals surface area (Å²) in [5.74, 6) is 0.550. The van der Waals surface area contributed by atoms with Crippen molar-refractivity contribution in [2.75, 3.05) is 6.61 Å². The summed E-state index contributed by atoms with van der Waals surface area (Å²) in [4.78, 5) is 24.2. The Labute approximate surface area is 245 Å². The van der Waals surface area contributed by atoms with Gasteiger partial charge in [-0.3, -0.25) is 4.79 Å². The number of furan rings is 1. The maximum absolute atomic E-state index is 12.3. The molecule has 0 saturated carbocycles. The zero-order valence-corrected chi connectivity index (χ0v) is 25.8. The number of hydrogen-bond acceptors (Lipinski definition) is 6. The summed E-state index contributed by atoms with van der Waals surface area (Å²) in [5, 5.41) is 3.97. The molecule has 0 aliphatic carbocycles. The smallest absolute Gasteiger partial charge is 0.336 e. The van der Waals surface area contributed by atoms with Crippen molar-refractivity contribution in [3.63, 3.8) is 0 Å². The molecule has 3 aromatic rings. The van der Waals surface area contributed by atoms with Crippen molar-refractivity contribution in [1.29, 1.82) is 0 Å². The summed E-state index contributed by atoms with van der Waals surface area (Å²) in [7, 11) is 0. The van der Waals surface area contributed by atoms with Crippen molar-refractivity contribution >= 4 is 56.0 Å². The molecular weight excluding hydrogens is 628 g/mol. The largest absolute Gasteiger partial charge is 0.481 e. The van der Waals surface area contributed by atoms with Crippen LogP contribution in [0.4, 0.5) is 0 Å². The van der Waals surface area contributed by atoms with Gasteiger partial charge < -0.3 is 13.9 Å². The molecule has 0 radical (unpaired) electrons. The number of nitrogens with zero attached hydrogens (tertiary/aromatic N) is 1. The minimum atomic E-state index is -0.526. The van der Waals surface area contributed by atoms with Crippen molar-refractivity contribution in [2.24, 2.45) is 10.5 Å². The van der Waals surface area contributed by atoms with Gasteiger partial charge in [0.25, 0.3) is 5.91 Å². The number of carbonyl (C=O) groups excluding carboxylic acids is 2. The number of benzene rings is 2. The molecule has 0 aliphatic rings. The predicted octanol–water partition coefficient (Wildman–Crippen LogP) is 7.67. The molecule has 0 saturated heterocycles. The van der Waals surface area contributed by atoms with Gasteiger partial charge in [-0.25, -0.2) is 10.2 Å². The molecule has 0 atom stereocenters. The van der Waals surface area contributed by atoms with Crippen molar-refractivity contribution in [3.8, 4) is 11.5 Å². The third kappa shape index (κ3) is 9.82. The summed E-state index contributed by atoms with van der Waals surface area (Å²) >= 11 is 7.17. The van der Waals surface area contributed by atoms with E-state index in [9.17, 15) is 9.59 Å². The SMILES string of the molecule is CC(C)(C)CC(C)(C)c1cc(Br)c(OCC(=O)NN=Cc2ccc(OC(=O)/C=C\c3ccco3)cc2)c(Br)c1. The van der Waals surface area contributed by atoms with Crippen molar-refractivity contribution in [1.82, 2.24) is 5.43 Å². The first-order chi connectivity index (χ1) is 18.3. The lowest BCUT2D eigenvalue weighted by Crippen LogP contribution is -2.26. The summed E-state index contributed by atoms with van der Waals surface area (Å²) in [6.07, 6.45) is 6.82. The maximum atomic E-state index is 12.3. The first kappa shape index (κ1) is 30.4. The minimum Gasteiger partial charge on any atom is -0.481 e. The minimum absolute atomic E-state index is 0.0365. The topological polar surface area (TPSA) is 90.1 Å². The van der Waals surface area contributed by atoms with Gasteiger partial charge in [0, 0.05) is 6.08 Å². The van der Waals surface area contributed by atoms with Gasteiger partial charge in [0.1, 0.15) is 17.3 Å². The van der Waals surface area contributed by atoms with Gasteiger partial charge in [-0.1, -0.05) is 34.6 Å². The average Bonchev–Trinajstić information content (AvgIpc) is 3.35. The summed E-state index contributed by atoms with van der Waals surface area (Å²) < 4.78 is 17.7. The number of amides is 1. The van der Waals surface area contributed by atoms with Crippen LogP contribution in [0.25, 0.3) is 6.08 Å². The summed E-state index contributed by atoms with van der Waals surface area (Å²) in [6, 6.07) is 14.2. The summed E-state index contributed by atoms with van der Waals surface area (Å²) in [6.45, 7) is 10.9. The zero-order valence-electron chi connectivity index (χ0n) is 22.6. The van der Waals surface area contributed by atoms with E-state index in [1.54, 1.807) is 36.4 Å². The van der Waals surface area contributed by atoms with E-state index in [1.165, 1.54) is 30.2 Å². The van der Waals surface area contributed by atoms with Crippen LogP contribution in [0.3, 0.4) is 0 Å². The molecule has 1 aromatic heterocycles. The third-order valence-electron chi connectivity index (χ3n) is 5.53. The van der Waals surface area contributed by atoms with Crippen LogP contribution in [0.2, 0.25) is 0 Å². The van der Waals surface area contributed by atoms with Gasteiger partial charge >= 0.3 is 5.97 Å². The van der Waals surface area contributed by atoms with E-state index in [0.717, 1.165) is 15.4 Å². The lowest BCUT2D eigenvalue weighted by molar-refractivity contribution is -0.129. The van der Waals surface area contributed by atoms with E-state index in [0.29, 0.717) is 22.8 Å². The fourth-order valence-electron chi connectivity index (χ4n) is 4.17. The van der Waals surface area contributed by atoms with Crippen LogP contribution in [0.1, 0.15) is 57.9 Å². The Hall–Kier alpha value is -3.17. The Kier molecular flexibility index (Phi) is 10.3. The highest BCUT2D eigenvalue weighted by atomic mass is 79.9. The van der Waals surface area contributed by atoms with Crippen molar-refractivity contribution < 1.29 is 23.5 Å². The van der Waals surface area contributed by atoms with Crippen LogP contribution < -0.4 is 14.9 Å². The molecule has 206 valence electrons. The number of nitrogens with one attached hydrogen (secondary N) is 1. The van der Waals surface area contributed by atoms with Crippen LogP contribution >= 0.6 is 31.9 Å². The zero-order chi connectivity index (χ0) is 28.6. The average molecular weight is 660 g/mol. The van der Waals surface area contributed by atoms with Gasteiger partial charge in [0.05, 0.1) is 21.4 Å². The molecule has 1 N–H and O–H groups in total. The van der Waals surface area contributed by atoms with Gasteiger partial charge in [0.15, 0.2) is 6.61 Å². The van der Waals surface area contributed by atoms with Gasteiger partial charge in [-0.05, 0) is 115 Å². The number of carbonyl (C=O) groups is 2. The lowest BCUT2D eigenvalue weighted by atomic mass is 9.72. The molecule has 0 aliphatic heterocycles. The van der Waals surface area contributed by atoms with Crippen molar-refractivity contribution in [3.05, 3.63) is 86.7 Å². The van der Waals surface area contributed by atoms with Crippen LogP contribution in [-0.2, 0) is 15.0 Å². The second-order valence-electron chi connectivity index (χ2n) is 10.8. The molecule has 0 bridgehead atoms. The molecule has 1 amide bonds. The Morgan fingerprint density at radius 2 is 1.69 bits per heavy atom. The Morgan fingerprint density at radius 1 is 1.03 bits per heavy atom. The molecule has 0 spiro atoms. The fourth-order valence-corrected chi connectivity index (χ4v) is 5.59. The van der Waals surface area contributed by atoms with Gasteiger partial charge in [0.2, 0.25) is 0 Å². The third-order valence-corrected chi connectivity index (χ3v) is 6.71. The number of esters is 1. The first-order valence-corrected chi connectivity index (χ1v) is 13.9. The van der Waals surface area contributed by atoms with E-state index in [1.807, 2.05) is 12.1 Å². The Bertz CT molecular complexity index is 1320. The van der Waals surface area contributed by atoms with Gasteiger partial charge in [-0.2, -0.15) is 5.10 Å². The Balaban J connectivity index is 1.49. The number of hydrogen-bond donors (Lipinski definition) is 1. The van der Waals surface area contributed by atoms with E-state index in [4.69, 9.17) is 13.9 Å². The molecule has 9 heteroatoms. The van der Waals surface area contributed by atoms with E-state index >= 15 is 0 Å². The molecular formula is C30H32Br2N2O5. The Morgan fingerprint density at radius 3 is 2.28 bits per heavy atom. The summed E-state index contributed by atoms with van der Waals surface area (Å²) in [5.41, 5.74) is 4.48. The highest BCUT2D eigenvalue weighted by molar-refractivity contribution is 9.11. The quantitative estimate of drug-likeness (QED) is 0.0793. The molecule has 0 fully saturated rings. The van der Waals surface area contributed by atoms with Crippen LogP contribution in [-0.4, -0.2) is 24.7 Å². The van der Waals surface area contributed by atoms with Gasteiger partial charge in [-0.15, -0.1) is 0 Å². The predicted molar refractivity (Wildman–Crippen MR) is 160 cm³/mol. The second-order valence-corrected chi connectivity index (χ2v) is 12.5. The number of halogens is 2. The fraction of sp³-hybridized carbons (Fsp3) is 0.300. The molecule has 7 nitrogen and oxygen atoms in total. The second kappa shape index (κ2) is 13.3. The van der Waals surface area contributed by atoms with E-state index in [-0.39, 0.29) is 17.4 Å². The monoisotopic (exact) mass is 658 g/mol. The molecule has 0 unspecified atom stereocenters. The number of ether oxygens (including phenoxy) is 2. The normalized spacial score (nSPS) is 12.2. The lowest BCUT2D eigenvalue weighted by Gasteiger charge is -2.33. The number of hydrazone groups is 1. The van der Waals surface area contributed by atoms with Crippen LogP contribution in [0.15, 0.2) is 79.3 Å². The highest BCUT2D eigenvalue weighted by Gasteiger charge is 2.28. The standard InChI is InChI=1S/C30H32Br2N2O5/c1-29(2,3)19-30(4,5)21-15-24(31)28(25(32)16-21)38-18-26(35)34-33-17-20-8-10-23(11-9-20)39-27(36)13-12-22-7-6-14-37-22/h6-17H,18-19H2,1-5H3,(H,34,35)/b13-12-,33-17?. The molecule has 1 heterocycles. The van der Waals surface area contributed by atoms with Crippen molar-refractivity contribution in [2.45, 2.75) is 46.5 Å². The van der Waals surface area contributed by atoms with E-state index < -0.39 is 11.9 Å².